The van der Waals surface area contributed by atoms with E-state index < -0.39 is 5.92 Å². The Morgan fingerprint density at radius 3 is 2.48 bits per heavy atom. The lowest BCUT2D eigenvalue weighted by Gasteiger charge is -2.33. The topological polar surface area (TPSA) is 49.9 Å². The molecular formula is C23H25BrN2O3. The minimum atomic E-state index is -0.550. The smallest absolute Gasteiger partial charge is 0.239 e. The van der Waals surface area contributed by atoms with Crippen LogP contribution in [0.25, 0.3) is 0 Å². The molecule has 5 nitrogen and oxygen atoms in total. The van der Waals surface area contributed by atoms with Crippen LogP contribution in [0.4, 0.5) is 5.69 Å². The molecule has 0 aromatic heterocycles. The van der Waals surface area contributed by atoms with E-state index in [0.717, 1.165) is 28.8 Å². The zero-order valence-corrected chi connectivity index (χ0v) is 17.9. The van der Waals surface area contributed by atoms with Crippen LogP contribution in [0.5, 0.6) is 5.75 Å². The predicted octanol–water partition coefficient (Wildman–Crippen LogP) is 4.12. The molecule has 4 rings (SSSR count). The maximum Gasteiger partial charge on any atom is 0.239 e. The lowest BCUT2D eigenvalue weighted by atomic mass is 9.96. The fourth-order valence-corrected chi connectivity index (χ4v) is 4.47. The number of nitrogens with zero attached hydrogens (tertiary/aromatic N) is 2. The van der Waals surface area contributed by atoms with Gasteiger partial charge in [-0.05, 0) is 55.5 Å². The van der Waals surface area contributed by atoms with Crippen LogP contribution in [0.1, 0.15) is 19.3 Å². The highest BCUT2D eigenvalue weighted by Crippen LogP contribution is 2.29. The van der Waals surface area contributed by atoms with Gasteiger partial charge in [0.05, 0.1) is 6.61 Å². The van der Waals surface area contributed by atoms with Crippen LogP contribution in [0.3, 0.4) is 0 Å². The molecule has 1 atom stereocenters. The van der Waals surface area contributed by atoms with Crippen LogP contribution in [0.2, 0.25) is 0 Å². The van der Waals surface area contributed by atoms with E-state index >= 15 is 0 Å². The summed E-state index contributed by atoms with van der Waals surface area (Å²) in [5, 5.41) is 0. The Morgan fingerprint density at radius 2 is 1.76 bits per heavy atom. The molecular weight excluding hydrogens is 432 g/mol. The van der Waals surface area contributed by atoms with Crippen LogP contribution in [0.15, 0.2) is 59.1 Å². The SMILES string of the molecule is O=C(C1CCN(c2cccc(Br)c2)C1=O)N1CCC(COc2ccccc2)CC1. The Hall–Kier alpha value is -2.34. The van der Waals surface area contributed by atoms with E-state index in [1.807, 2.05) is 59.5 Å². The molecule has 0 N–H and O–H groups in total. The van der Waals surface area contributed by atoms with Gasteiger partial charge in [-0.3, -0.25) is 9.59 Å². The number of amides is 2. The lowest BCUT2D eigenvalue weighted by molar-refractivity contribution is -0.141. The number of likely N-dealkylation sites (tertiary alicyclic amines) is 1. The molecule has 0 radical (unpaired) electrons. The van der Waals surface area contributed by atoms with Crippen molar-refractivity contribution in [1.29, 1.82) is 0 Å². The molecule has 0 bridgehead atoms. The van der Waals surface area contributed by atoms with E-state index in [2.05, 4.69) is 15.9 Å². The molecule has 6 heteroatoms. The standard InChI is InChI=1S/C23H25BrN2O3/c24-18-5-4-6-19(15-18)26-14-11-21(23(26)28)22(27)25-12-9-17(10-13-25)16-29-20-7-2-1-3-8-20/h1-8,15,17,21H,9-14,16H2. The molecule has 2 aromatic carbocycles. The predicted molar refractivity (Wildman–Crippen MR) is 116 cm³/mol. The quantitative estimate of drug-likeness (QED) is 0.635. The zero-order valence-electron chi connectivity index (χ0n) is 16.3. The Balaban J connectivity index is 1.29. The van der Waals surface area contributed by atoms with Crippen molar-refractivity contribution in [3.63, 3.8) is 0 Å². The minimum Gasteiger partial charge on any atom is -0.493 e. The summed E-state index contributed by atoms with van der Waals surface area (Å²) < 4.78 is 6.79. The third-order valence-corrected chi connectivity index (χ3v) is 6.27. The van der Waals surface area contributed by atoms with E-state index in [0.29, 0.717) is 38.6 Å². The number of carbonyl (C=O) groups excluding carboxylic acids is 2. The van der Waals surface area contributed by atoms with Gasteiger partial charge in [0.25, 0.3) is 0 Å². The summed E-state index contributed by atoms with van der Waals surface area (Å²) in [6.45, 7) is 2.66. The number of anilines is 1. The van der Waals surface area contributed by atoms with Crippen molar-refractivity contribution in [2.75, 3.05) is 31.1 Å². The molecule has 29 heavy (non-hydrogen) atoms. The number of para-hydroxylation sites is 1. The van der Waals surface area contributed by atoms with Crippen molar-refractivity contribution in [3.8, 4) is 5.75 Å². The Morgan fingerprint density at radius 1 is 1.00 bits per heavy atom. The number of benzene rings is 2. The van der Waals surface area contributed by atoms with E-state index in [-0.39, 0.29) is 11.8 Å². The van der Waals surface area contributed by atoms with E-state index in [1.165, 1.54) is 0 Å². The molecule has 2 heterocycles. The summed E-state index contributed by atoms with van der Waals surface area (Å²) in [4.78, 5) is 29.4. The Kier molecular flexibility index (Phi) is 6.19. The summed E-state index contributed by atoms with van der Waals surface area (Å²) in [6.07, 6.45) is 2.41. The summed E-state index contributed by atoms with van der Waals surface area (Å²) in [5.41, 5.74) is 0.844. The first-order valence-electron chi connectivity index (χ1n) is 10.2. The third kappa shape index (κ3) is 4.64. The van der Waals surface area contributed by atoms with Gasteiger partial charge in [0.1, 0.15) is 11.7 Å². The summed E-state index contributed by atoms with van der Waals surface area (Å²) in [7, 11) is 0. The number of piperidine rings is 1. The van der Waals surface area contributed by atoms with Crippen molar-refractivity contribution < 1.29 is 14.3 Å². The third-order valence-electron chi connectivity index (χ3n) is 5.78. The van der Waals surface area contributed by atoms with Gasteiger partial charge in [0, 0.05) is 29.8 Å². The number of halogens is 1. The van der Waals surface area contributed by atoms with Gasteiger partial charge in [0.2, 0.25) is 11.8 Å². The fourth-order valence-electron chi connectivity index (χ4n) is 4.08. The van der Waals surface area contributed by atoms with Gasteiger partial charge in [-0.25, -0.2) is 0 Å². The maximum absolute atomic E-state index is 13.0. The number of rotatable bonds is 5. The number of hydrogen-bond acceptors (Lipinski definition) is 3. The molecule has 0 saturated carbocycles. The van der Waals surface area contributed by atoms with E-state index in [4.69, 9.17) is 4.74 Å². The van der Waals surface area contributed by atoms with Crippen molar-refractivity contribution in [2.24, 2.45) is 11.8 Å². The van der Waals surface area contributed by atoms with Crippen molar-refractivity contribution in [3.05, 3.63) is 59.1 Å². The van der Waals surface area contributed by atoms with Gasteiger partial charge in [0.15, 0.2) is 0 Å². The average molecular weight is 457 g/mol. The second kappa shape index (κ2) is 8.99. The molecule has 2 aliphatic rings. The molecule has 0 aliphatic carbocycles. The van der Waals surface area contributed by atoms with Gasteiger partial charge in [-0.2, -0.15) is 0 Å². The van der Waals surface area contributed by atoms with Gasteiger partial charge in [-0.1, -0.05) is 40.2 Å². The summed E-state index contributed by atoms with van der Waals surface area (Å²) in [6, 6.07) is 17.5. The van der Waals surface area contributed by atoms with Gasteiger partial charge < -0.3 is 14.5 Å². The monoisotopic (exact) mass is 456 g/mol. The van der Waals surface area contributed by atoms with Crippen LogP contribution < -0.4 is 9.64 Å². The number of ether oxygens (including phenoxy) is 1. The molecule has 2 fully saturated rings. The van der Waals surface area contributed by atoms with Gasteiger partial charge >= 0.3 is 0 Å². The van der Waals surface area contributed by atoms with Crippen LogP contribution in [-0.2, 0) is 9.59 Å². The van der Waals surface area contributed by atoms with E-state index in [9.17, 15) is 9.59 Å². The van der Waals surface area contributed by atoms with Crippen molar-refractivity contribution in [1.82, 2.24) is 4.90 Å². The first-order chi connectivity index (χ1) is 14.1. The molecule has 1 unspecified atom stereocenters. The highest BCUT2D eigenvalue weighted by Gasteiger charge is 2.40. The first-order valence-corrected chi connectivity index (χ1v) is 10.9. The molecule has 2 aromatic rings. The number of hydrogen-bond donors (Lipinski definition) is 0. The lowest BCUT2D eigenvalue weighted by Crippen LogP contribution is -2.44. The normalized spacial score (nSPS) is 20.2. The largest absolute Gasteiger partial charge is 0.493 e. The summed E-state index contributed by atoms with van der Waals surface area (Å²) in [5.74, 6) is 0.676. The average Bonchev–Trinajstić information content (AvgIpc) is 3.14. The highest BCUT2D eigenvalue weighted by atomic mass is 79.9. The second-order valence-corrected chi connectivity index (χ2v) is 8.62. The molecule has 152 valence electrons. The van der Waals surface area contributed by atoms with Crippen LogP contribution >= 0.6 is 15.9 Å². The first kappa shape index (κ1) is 20.0. The van der Waals surface area contributed by atoms with Gasteiger partial charge in [-0.15, -0.1) is 0 Å². The summed E-state index contributed by atoms with van der Waals surface area (Å²) >= 11 is 3.45. The molecule has 2 amide bonds. The highest BCUT2D eigenvalue weighted by molar-refractivity contribution is 9.10. The Labute approximate surface area is 179 Å². The van der Waals surface area contributed by atoms with E-state index in [1.54, 1.807) is 4.90 Å². The second-order valence-electron chi connectivity index (χ2n) is 7.70. The van der Waals surface area contributed by atoms with Crippen molar-refractivity contribution >= 4 is 33.4 Å². The fraction of sp³-hybridized carbons (Fsp3) is 0.391. The molecule has 2 saturated heterocycles. The maximum atomic E-state index is 13.0. The minimum absolute atomic E-state index is 0.0186. The van der Waals surface area contributed by atoms with Crippen LogP contribution in [-0.4, -0.2) is 43.0 Å². The number of carbonyl (C=O) groups is 2. The zero-order chi connectivity index (χ0) is 20.2. The molecule has 0 spiro atoms. The Bertz CT molecular complexity index is 865. The van der Waals surface area contributed by atoms with Crippen LogP contribution in [0, 0.1) is 11.8 Å². The molecule has 2 aliphatic heterocycles. The van der Waals surface area contributed by atoms with Crippen molar-refractivity contribution in [2.45, 2.75) is 19.3 Å².